The number of carbonyl (C=O) groups is 1. The van der Waals surface area contributed by atoms with Gasteiger partial charge in [0.15, 0.2) is 10.9 Å². The van der Waals surface area contributed by atoms with Crippen LogP contribution in [0.2, 0.25) is 0 Å². The number of rotatable bonds is 5. The molecule has 6 nitrogen and oxygen atoms in total. The van der Waals surface area contributed by atoms with Crippen molar-refractivity contribution in [2.75, 3.05) is 11.9 Å². The van der Waals surface area contributed by atoms with E-state index in [9.17, 15) is 14.9 Å². The number of hydrogen-bond acceptors (Lipinski definition) is 6. The third-order valence-corrected chi connectivity index (χ3v) is 4.86. The second kappa shape index (κ2) is 6.37. The Kier molecular flexibility index (Phi) is 4.26. The molecule has 0 atom stereocenters. The molecule has 0 radical (unpaired) electrons. The highest BCUT2D eigenvalue weighted by molar-refractivity contribution is 7.22. The molecule has 1 heterocycles. The van der Waals surface area contributed by atoms with E-state index < -0.39 is 4.92 Å². The SMILES string of the molecule is Cc1ccc2sc(NCC(=O)c3ccc([N+](=O)[O-])cc3)nc2c1C. The summed E-state index contributed by atoms with van der Waals surface area (Å²) in [7, 11) is 0. The van der Waals surface area contributed by atoms with E-state index in [1.165, 1.54) is 41.2 Å². The van der Waals surface area contributed by atoms with Gasteiger partial charge >= 0.3 is 0 Å². The molecule has 2 aromatic carbocycles. The molecule has 0 fully saturated rings. The summed E-state index contributed by atoms with van der Waals surface area (Å²) in [6.07, 6.45) is 0. The van der Waals surface area contributed by atoms with Crippen LogP contribution in [0.3, 0.4) is 0 Å². The van der Waals surface area contributed by atoms with Crippen molar-refractivity contribution >= 4 is 38.2 Å². The minimum absolute atomic E-state index is 0.0310. The summed E-state index contributed by atoms with van der Waals surface area (Å²) >= 11 is 1.50. The number of non-ortho nitro benzene ring substituents is 1. The average molecular weight is 341 g/mol. The van der Waals surface area contributed by atoms with Crippen LogP contribution in [0.5, 0.6) is 0 Å². The predicted molar refractivity (Wildman–Crippen MR) is 95.0 cm³/mol. The molecule has 7 heteroatoms. The number of nitrogens with one attached hydrogen (secondary N) is 1. The van der Waals surface area contributed by atoms with E-state index in [0.29, 0.717) is 10.7 Å². The second-order valence-electron chi connectivity index (χ2n) is 5.45. The van der Waals surface area contributed by atoms with Crippen molar-refractivity contribution in [3.05, 3.63) is 63.2 Å². The summed E-state index contributed by atoms with van der Waals surface area (Å²) in [5.74, 6) is -0.142. The van der Waals surface area contributed by atoms with E-state index >= 15 is 0 Å². The van der Waals surface area contributed by atoms with Crippen LogP contribution in [-0.2, 0) is 0 Å². The maximum atomic E-state index is 12.2. The Morgan fingerprint density at radius 3 is 2.58 bits per heavy atom. The third kappa shape index (κ3) is 3.11. The second-order valence-corrected chi connectivity index (χ2v) is 6.48. The zero-order valence-corrected chi connectivity index (χ0v) is 14.0. The standard InChI is InChI=1S/C17H15N3O3S/c1-10-3-8-15-16(11(10)2)19-17(24-15)18-9-14(21)12-4-6-13(7-5-12)20(22)23/h3-8H,9H2,1-2H3,(H,18,19). The summed E-state index contributed by atoms with van der Waals surface area (Å²) in [6.45, 7) is 4.16. The summed E-state index contributed by atoms with van der Waals surface area (Å²) in [4.78, 5) is 26.9. The van der Waals surface area contributed by atoms with Gasteiger partial charge in [-0.3, -0.25) is 14.9 Å². The maximum absolute atomic E-state index is 12.2. The molecule has 1 N–H and O–H groups in total. The molecule has 0 aliphatic carbocycles. The van der Waals surface area contributed by atoms with Gasteiger partial charge in [-0.05, 0) is 43.2 Å². The first-order valence-electron chi connectivity index (χ1n) is 7.34. The Morgan fingerprint density at radius 1 is 1.21 bits per heavy atom. The highest BCUT2D eigenvalue weighted by Gasteiger charge is 2.12. The van der Waals surface area contributed by atoms with Gasteiger partial charge in [0, 0.05) is 17.7 Å². The van der Waals surface area contributed by atoms with E-state index in [1.807, 2.05) is 19.9 Å². The lowest BCUT2D eigenvalue weighted by molar-refractivity contribution is -0.384. The smallest absolute Gasteiger partial charge is 0.269 e. The fraction of sp³-hybridized carbons (Fsp3) is 0.176. The Balaban J connectivity index is 1.72. The molecular formula is C17H15N3O3S. The summed E-state index contributed by atoms with van der Waals surface area (Å²) in [5, 5.41) is 14.4. The number of ketones is 1. The topological polar surface area (TPSA) is 85.1 Å². The van der Waals surface area contributed by atoms with Crippen molar-refractivity contribution < 1.29 is 9.72 Å². The van der Waals surface area contributed by atoms with Crippen LogP contribution in [0.15, 0.2) is 36.4 Å². The predicted octanol–water partition coefficient (Wildman–Crippen LogP) is 4.12. The van der Waals surface area contributed by atoms with Gasteiger partial charge in [0.25, 0.3) is 5.69 Å². The van der Waals surface area contributed by atoms with Gasteiger partial charge in [-0.25, -0.2) is 4.98 Å². The molecule has 0 saturated carbocycles. The first-order valence-corrected chi connectivity index (χ1v) is 8.15. The number of aromatic nitrogens is 1. The lowest BCUT2D eigenvalue weighted by Crippen LogP contribution is -2.13. The number of nitro benzene ring substituents is 1. The fourth-order valence-electron chi connectivity index (χ4n) is 2.33. The van der Waals surface area contributed by atoms with Crippen LogP contribution >= 0.6 is 11.3 Å². The average Bonchev–Trinajstić information content (AvgIpc) is 3.00. The van der Waals surface area contributed by atoms with Crippen LogP contribution in [-0.4, -0.2) is 22.2 Å². The molecule has 122 valence electrons. The minimum atomic E-state index is -0.488. The van der Waals surface area contributed by atoms with Crippen molar-refractivity contribution in [1.29, 1.82) is 0 Å². The van der Waals surface area contributed by atoms with E-state index in [1.54, 1.807) is 0 Å². The van der Waals surface area contributed by atoms with E-state index in [2.05, 4.69) is 16.4 Å². The summed E-state index contributed by atoms with van der Waals surface area (Å²) in [6, 6.07) is 9.68. The van der Waals surface area contributed by atoms with Gasteiger partial charge in [0.1, 0.15) is 0 Å². The summed E-state index contributed by atoms with van der Waals surface area (Å²) in [5.41, 5.74) is 3.67. The largest absolute Gasteiger partial charge is 0.354 e. The van der Waals surface area contributed by atoms with Gasteiger partial charge < -0.3 is 5.32 Å². The van der Waals surface area contributed by atoms with Gasteiger partial charge in [-0.1, -0.05) is 17.4 Å². The number of hydrogen-bond donors (Lipinski definition) is 1. The molecule has 0 aliphatic rings. The number of carbonyl (C=O) groups excluding carboxylic acids is 1. The number of aryl methyl sites for hydroxylation is 2. The molecule has 0 spiro atoms. The molecule has 0 saturated heterocycles. The quantitative estimate of drug-likeness (QED) is 0.429. The zero-order valence-electron chi connectivity index (χ0n) is 13.2. The van der Waals surface area contributed by atoms with Crippen molar-refractivity contribution in [2.24, 2.45) is 0 Å². The lowest BCUT2D eigenvalue weighted by Gasteiger charge is -2.02. The Morgan fingerprint density at radius 2 is 1.92 bits per heavy atom. The van der Waals surface area contributed by atoms with Gasteiger partial charge in [0.2, 0.25) is 0 Å². The molecule has 1 aromatic heterocycles. The molecule has 0 unspecified atom stereocenters. The fourth-order valence-corrected chi connectivity index (χ4v) is 3.25. The van der Waals surface area contributed by atoms with Crippen molar-refractivity contribution in [1.82, 2.24) is 4.98 Å². The first-order chi connectivity index (χ1) is 11.5. The normalized spacial score (nSPS) is 10.8. The van der Waals surface area contributed by atoms with Crippen LogP contribution in [0, 0.1) is 24.0 Å². The van der Waals surface area contributed by atoms with Crippen molar-refractivity contribution in [2.45, 2.75) is 13.8 Å². The number of Topliss-reactive ketones (excluding diaryl/α,β-unsaturated/α-hetero) is 1. The third-order valence-electron chi connectivity index (χ3n) is 3.89. The molecule has 0 aliphatic heterocycles. The highest BCUT2D eigenvalue weighted by atomic mass is 32.1. The molecule has 3 rings (SSSR count). The van der Waals surface area contributed by atoms with Gasteiger partial charge in [0.05, 0.1) is 21.7 Å². The van der Waals surface area contributed by atoms with E-state index in [4.69, 9.17) is 0 Å². The van der Waals surface area contributed by atoms with E-state index in [0.717, 1.165) is 15.8 Å². The number of anilines is 1. The Labute approximate surface area is 142 Å². The highest BCUT2D eigenvalue weighted by Crippen LogP contribution is 2.29. The number of thiazole rings is 1. The number of benzene rings is 2. The van der Waals surface area contributed by atoms with Gasteiger partial charge in [-0.2, -0.15) is 0 Å². The molecule has 3 aromatic rings. The number of nitrogens with zero attached hydrogens (tertiary/aromatic N) is 2. The Bertz CT molecular complexity index is 932. The monoisotopic (exact) mass is 341 g/mol. The van der Waals surface area contributed by atoms with Crippen LogP contribution < -0.4 is 5.32 Å². The van der Waals surface area contributed by atoms with Crippen molar-refractivity contribution in [3.63, 3.8) is 0 Å². The molecule has 0 bridgehead atoms. The summed E-state index contributed by atoms with van der Waals surface area (Å²) < 4.78 is 1.07. The number of nitro groups is 1. The first kappa shape index (κ1) is 16.1. The number of fused-ring (bicyclic) bond motifs is 1. The van der Waals surface area contributed by atoms with Gasteiger partial charge in [-0.15, -0.1) is 0 Å². The van der Waals surface area contributed by atoms with Crippen LogP contribution in [0.25, 0.3) is 10.2 Å². The molecule has 0 amide bonds. The Hall–Kier alpha value is -2.80. The molecule has 24 heavy (non-hydrogen) atoms. The van der Waals surface area contributed by atoms with E-state index in [-0.39, 0.29) is 18.0 Å². The lowest BCUT2D eigenvalue weighted by atomic mass is 10.1. The zero-order chi connectivity index (χ0) is 17.3. The minimum Gasteiger partial charge on any atom is -0.354 e. The van der Waals surface area contributed by atoms with Crippen molar-refractivity contribution in [3.8, 4) is 0 Å². The molecular weight excluding hydrogens is 326 g/mol. The van der Waals surface area contributed by atoms with Crippen LogP contribution in [0.4, 0.5) is 10.8 Å². The maximum Gasteiger partial charge on any atom is 0.269 e. The van der Waals surface area contributed by atoms with Crippen LogP contribution in [0.1, 0.15) is 21.5 Å².